The minimum Gasteiger partial charge on any atom is -0.364 e. The number of pyridine rings is 1. The lowest BCUT2D eigenvalue weighted by Gasteiger charge is -2.26. The number of Topliss-reactive ketones (excluding diaryl/α,β-unsaturated/α-hetero) is 1. The molecule has 38 heavy (non-hydrogen) atoms. The van der Waals surface area contributed by atoms with E-state index in [0.717, 1.165) is 41.3 Å². The zero-order valence-corrected chi connectivity index (χ0v) is 22.7. The number of thiophene rings is 1. The standard InChI is InChI=1S/C28H32N8OS/c1-4-35(5-2)19(3)8-9-25(37)20-15-24(32-27(16-20)29-17-21-10-12-30-34-21)22-18-31-36-13-11-23(33-28(22)36)26-7-6-14-38-26/h6-7,10-16,18-19H,4-5,8-9,17H2,1-3H3,(H,29,32)(H,30,34)/t19-/m0/s1. The van der Waals surface area contributed by atoms with Gasteiger partial charge in [-0.2, -0.15) is 10.2 Å². The van der Waals surface area contributed by atoms with Crippen molar-refractivity contribution in [1.29, 1.82) is 0 Å². The van der Waals surface area contributed by atoms with E-state index in [-0.39, 0.29) is 5.78 Å². The highest BCUT2D eigenvalue weighted by atomic mass is 32.1. The lowest BCUT2D eigenvalue weighted by molar-refractivity contribution is 0.0964. The molecule has 0 amide bonds. The number of nitrogens with zero attached hydrogens (tertiary/aromatic N) is 6. The summed E-state index contributed by atoms with van der Waals surface area (Å²) < 4.78 is 1.74. The number of fused-ring (bicyclic) bond motifs is 1. The van der Waals surface area contributed by atoms with Crippen LogP contribution in [0.1, 0.15) is 49.7 Å². The molecule has 2 N–H and O–H groups in total. The normalized spacial score (nSPS) is 12.3. The summed E-state index contributed by atoms with van der Waals surface area (Å²) in [7, 11) is 0. The monoisotopic (exact) mass is 528 g/mol. The van der Waals surface area contributed by atoms with Crippen LogP contribution in [0, 0.1) is 0 Å². The number of hydrogen-bond donors (Lipinski definition) is 2. The minimum absolute atomic E-state index is 0.0981. The highest BCUT2D eigenvalue weighted by Crippen LogP contribution is 2.29. The molecule has 9 nitrogen and oxygen atoms in total. The average Bonchev–Trinajstić information content (AvgIpc) is 3.73. The van der Waals surface area contributed by atoms with Gasteiger partial charge in [-0.25, -0.2) is 14.5 Å². The van der Waals surface area contributed by atoms with Crippen LogP contribution >= 0.6 is 11.3 Å². The fourth-order valence-corrected chi connectivity index (χ4v) is 5.31. The Balaban J connectivity index is 1.48. The quantitative estimate of drug-likeness (QED) is 0.205. The predicted octanol–water partition coefficient (Wildman–Crippen LogP) is 5.55. The first-order valence-electron chi connectivity index (χ1n) is 13.0. The Morgan fingerprint density at radius 1 is 1.16 bits per heavy atom. The van der Waals surface area contributed by atoms with Crippen LogP contribution in [0.25, 0.3) is 27.5 Å². The zero-order valence-electron chi connectivity index (χ0n) is 21.9. The molecule has 10 heteroatoms. The summed E-state index contributed by atoms with van der Waals surface area (Å²) in [5.74, 6) is 0.715. The van der Waals surface area contributed by atoms with Crippen molar-refractivity contribution in [2.75, 3.05) is 18.4 Å². The Morgan fingerprint density at radius 2 is 2.03 bits per heavy atom. The Morgan fingerprint density at radius 3 is 2.76 bits per heavy atom. The summed E-state index contributed by atoms with van der Waals surface area (Å²) in [6.45, 7) is 8.96. The number of carbonyl (C=O) groups excluding carboxylic acids is 1. The van der Waals surface area contributed by atoms with Crippen molar-refractivity contribution in [2.24, 2.45) is 0 Å². The maximum absolute atomic E-state index is 13.4. The molecule has 0 saturated heterocycles. The van der Waals surface area contributed by atoms with Gasteiger partial charge in [0.1, 0.15) is 5.82 Å². The van der Waals surface area contributed by atoms with E-state index in [4.69, 9.17) is 9.97 Å². The van der Waals surface area contributed by atoms with Crippen LogP contribution in [-0.2, 0) is 6.54 Å². The molecule has 0 saturated carbocycles. The van der Waals surface area contributed by atoms with E-state index >= 15 is 0 Å². The van der Waals surface area contributed by atoms with Crippen molar-refractivity contribution in [3.63, 3.8) is 0 Å². The molecular weight excluding hydrogens is 496 g/mol. The van der Waals surface area contributed by atoms with Crippen LogP contribution in [0.2, 0.25) is 0 Å². The van der Waals surface area contributed by atoms with Crippen LogP contribution in [0.3, 0.4) is 0 Å². The van der Waals surface area contributed by atoms with E-state index < -0.39 is 0 Å². The third-order valence-electron chi connectivity index (χ3n) is 6.81. The molecule has 5 heterocycles. The second-order valence-electron chi connectivity index (χ2n) is 9.21. The number of H-pyrrole nitrogens is 1. The fraction of sp³-hybridized carbons (Fsp3) is 0.321. The Hall–Kier alpha value is -3.89. The highest BCUT2D eigenvalue weighted by molar-refractivity contribution is 7.13. The van der Waals surface area contributed by atoms with Crippen molar-refractivity contribution in [3.05, 3.63) is 71.6 Å². The molecule has 0 aliphatic rings. The number of aromatic nitrogens is 6. The minimum atomic E-state index is 0.0981. The molecule has 5 rings (SSSR count). The van der Waals surface area contributed by atoms with E-state index in [1.807, 2.05) is 48.0 Å². The number of nitrogens with one attached hydrogen (secondary N) is 2. The summed E-state index contributed by atoms with van der Waals surface area (Å²) >= 11 is 1.64. The van der Waals surface area contributed by atoms with Crippen molar-refractivity contribution in [1.82, 2.24) is 34.7 Å². The van der Waals surface area contributed by atoms with Crippen LogP contribution in [0.15, 0.2) is 60.4 Å². The smallest absolute Gasteiger partial charge is 0.165 e. The van der Waals surface area contributed by atoms with E-state index in [1.165, 1.54) is 0 Å². The molecule has 5 aromatic rings. The maximum Gasteiger partial charge on any atom is 0.165 e. The van der Waals surface area contributed by atoms with Gasteiger partial charge in [0.2, 0.25) is 0 Å². The molecular formula is C28H32N8OS. The van der Waals surface area contributed by atoms with Gasteiger partial charge in [0, 0.05) is 30.4 Å². The van der Waals surface area contributed by atoms with Gasteiger partial charge in [-0.05, 0) is 62.1 Å². The number of carbonyl (C=O) groups is 1. The van der Waals surface area contributed by atoms with Crippen LogP contribution in [0.4, 0.5) is 5.82 Å². The molecule has 196 valence electrons. The summed E-state index contributed by atoms with van der Waals surface area (Å²) in [6, 6.07) is 12.0. The SMILES string of the molecule is CCN(CC)[C@@H](C)CCC(=O)c1cc(NCc2ccn[nH]2)nc(-c2cnn3ccc(-c4cccs4)nc23)c1. The molecule has 0 unspecified atom stereocenters. The second-order valence-corrected chi connectivity index (χ2v) is 10.2. The number of hydrogen-bond acceptors (Lipinski definition) is 8. The van der Waals surface area contributed by atoms with Crippen molar-refractivity contribution in [3.8, 4) is 21.8 Å². The fourth-order valence-electron chi connectivity index (χ4n) is 4.61. The summed E-state index contributed by atoms with van der Waals surface area (Å²) in [6.07, 6.45) is 6.65. The number of ketones is 1. The molecule has 0 radical (unpaired) electrons. The molecule has 5 aromatic heterocycles. The summed E-state index contributed by atoms with van der Waals surface area (Å²) in [4.78, 5) is 26.6. The van der Waals surface area contributed by atoms with Gasteiger partial charge in [-0.3, -0.25) is 9.89 Å². The first kappa shape index (κ1) is 25.7. The predicted molar refractivity (Wildman–Crippen MR) is 151 cm³/mol. The van der Waals surface area contributed by atoms with E-state index in [9.17, 15) is 4.79 Å². The average molecular weight is 529 g/mol. The first-order chi connectivity index (χ1) is 18.6. The largest absolute Gasteiger partial charge is 0.364 e. The Kier molecular flexibility index (Phi) is 7.90. The Labute approximate surface area is 226 Å². The topological polar surface area (TPSA) is 104 Å². The third kappa shape index (κ3) is 5.66. The van der Waals surface area contributed by atoms with Crippen molar-refractivity contribution < 1.29 is 4.79 Å². The number of rotatable bonds is 12. The summed E-state index contributed by atoms with van der Waals surface area (Å²) in [5.41, 5.74) is 4.57. The Bertz CT molecular complexity index is 1490. The summed E-state index contributed by atoms with van der Waals surface area (Å²) in [5, 5.41) is 16.8. The third-order valence-corrected chi connectivity index (χ3v) is 7.70. The van der Waals surface area contributed by atoms with Gasteiger partial charge >= 0.3 is 0 Å². The van der Waals surface area contributed by atoms with Gasteiger partial charge in [-0.15, -0.1) is 11.3 Å². The van der Waals surface area contributed by atoms with Crippen LogP contribution in [0.5, 0.6) is 0 Å². The number of anilines is 1. The molecule has 0 aromatic carbocycles. The molecule has 0 bridgehead atoms. The van der Waals surface area contributed by atoms with Gasteiger partial charge in [-0.1, -0.05) is 19.9 Å². The second kappa shape index (κ2) is 11.7. The van der Waals surface area contributed by atoms with Crippen LogP contribution in [-0.4, -0.2) is 59.6 Å². The molecule has 1 atom stereocenters. The van der Waals surface area contributed by atoms with E-state index in [1.54, 1.807) is 28.2 Å². The molecule has 0 spiro atoms. The zero-order chi connectivity index (χ0) is 26.5. The van der Waals surface area contributed by atoms with Gasteiger partial charge in [0.25, 0.3) is 0 Å². The lowest BCUT2D eigenvalue weighted by Crippen LogP contribution is -2.33. The number of aromatic amines is 1. The van der Waals surface area contributed by atoms with Crippen molar-refractivity contribution in [2.45, 2.75) is 46.2 Å². The van der Waals surface area contributed by atoms with E-state index in [2.05, 4.69) is 46.3 Å². The van der Waals surface area contributed by atoms with Crippen molar-refractivity contribution >= 4 is 28.6 Å². The molecule has 0 aliphatic heterocycles. The molecule has 0 fully saturated rings. The maximum atomic E-state index is 13.4. The molecule has 0 aliphatic carbocycles. The van der Waals surface area contributed by atoms with Gasteiger partial charge in [0.15, 0.2) is 11.4 Å². The highest BCUT2D eigenvalue weighted by Gasteiger charge is 2.18. The first-order valence-corrected chi connectivity index (χ1v) is 13.8. The van der Waals surface area contributed by atoms with E-state index in [0.29, 0.717) is 41.7 Å². The van der Waals surface area contributed by atoms with Crippen LogP contribution < -0.4 is 5.32 Å². The lowest BCUT2D eigenvalue weighted by atomic mass is 10.0. The van der Waals surface area contributed by atoms with Gasteiger partial charge in [0.05, 0.1) is 40.3 Å². The van der Waals surface area contributed by atoms with Gasteiger partial charge < -0.3 is 10.2 Å².